The van der Waals surface area contributed by atoms with Gasteiger partial charge in [0.05, 0.1) is 0 Å². The van der Waals surface area contributed by atoms with E-state index in [0.29, 0.717) is 11.1 Å². The molecule has 0 radical (unpaired) electrons. The maximum absolute atomic E-state index is 13.2. The highest BCUT2D eigenvalue weighted by atomic mass is 32.2. The van der Waals surface area contributed by atoms with Gasteiger partial charge in [0.2, 0.25) is 5.91 Å². The van der Waals surface area contributed by atoms with E-state index in [1.165, 1.54) is 30.2 Å². The predicted molar refractivity (Wildman–Crippen MR) is 113 cm³/mol. The second-order valence-corrected chi connectivity index (χ2v) is 8.45. The van der Waals surface area contributed by atoms with Crippen LogP contribution in [0.4, 0.5) is 8.78 Å². The van der Waals surface area contributed by atoms with Crippen LogP contribution < -0.4 is 4.18 Å². The zero-order chi connectivity index (χ0) is 23.1. The number of ether oxygens (including phenoxy) is 1. The molecule has 3 rings (SSSR count). The van der Waals surface area contributed by atoms with Crippen molar-refractivity contribution in [2.75, 3.05) is 13.7 Å². The highest BCUT2D eigenvalue weighted by Crippen LogP contribution is 2.25. The van der Waals surface area contributed by atoms with Crippen molar-refractivity contribution in [3.8, 4) is 5.75 Å². The van der Waals surface area contributed by atoms with Gasteiger partial charge in [-0.3, -0.25) is 4.79 Å². The third kappa shape index (κ3) is 6.12. The Kier molecular flexibility index (Phi) is 7.55. The average Bonchev–Trinajstić information content (AvgIpc) is 2.76. The Labute approximate surface area is 185 Å². The van der Waals surface area contributed by atoms with Gasteiger partial charge in [0, 0.05) is 25.8 Å². The van der Waals surface area contributed by atoms with E-state index in [1.54, 1.807) is 30.3 Å². The quantitative estimate of drug-likeness (QED) is 0.452. The smallest absolute Gasteiger partial charge is 0.339 e. The normalized spacial score (nSPS) is 11.2. The molecule has 0 unspecified atom stereocenters. The Balaban J connectivity index is 1.86. The lowest BCUT2D eigenvalue weighted by Crippen LogP contribution is -2.33. The summed E-state index contributed by atoms with van der Waals surface area (Å²) in [4.78, 5) is 13.8. The van der Waals surface area contributed by atoms with E-state index in [2.05, 4.69) is 0 Å². The molecule has 1 amide bonds. The number of benzene rings is 3. The molecule has 0 atom stereocenters. The van der Waals surface area contributed by atoms with E-state index in [-0.39, 0.29) is 36.2 Å². The Morgan fingerprint density at radius 3 is 2.09 bits per heavy atom. The zero-order valence-electron chi connectivity index (χ0n) is 17.2. The molecule has 0 N–H and O–H groups in total. The number of methoxy groups -OCH3 is 1. The molecule has 0 saturated heterocycles. The first-order valence-electron chi connectivity index (χ1n) is 9.57. The zero-order valence-corrected chi connectivity index (χ0v) is 18.0. The van der Waals surface area contributed by atoms with E-state index in [9.17, 15) is 22.0 Å². The molecule has 0 saturated carbocycles. The van der Waals surface area contributed by atoms with Gasteiger partial charge >= 0.3 is 10.1 Å². The van der Waals surface area contributed by atoms with Crippen molar-refractivity contribution in [1.29, 1.82) is 0 Å². The standard InChI is InChI=1S/C23H21F2NO5S/c1-30-16-23(27)26(14-17-6-8-19(24)9-7-17)15-18-4-2-3-5-22(18)31-32(28,29)21-12-10-20(25)11-13-21/h2-13H,14-16H2,1H3. The van der Waals surface area contributed by atoms with Crippen LogP contribution in [0.3, 0.4) is 0 Å². The van der Waals surface area contributed by atoms with Crippen molar-refractivity contribution < 1.29 is 30.9 Å². The number of halogens is 2. The fourth-order valence-corrected chi connectivity index (χ4v) is 3.91. The van der Waals surface area contributed by atoms with Crippen LogP contribution in [0.15, 0.2) is 77.7 Å². The fraction of sp³-hybridized carbons (Fsp3) is 0.174. The lowest BCUT2D eigenvalue weighted by molar-refractivity contribution is -0.136. The van der Waals surface area contributed by atoms with Gasteiger partial charge in [-0.1, -0.05) is 30.3 Å². The lowest BCUT2D eigenvalue weighted by atomic mass is 10.1. The van der Waals surface area contributed by atoms with Crippen LogP contribution >= 0.6 is 0 Å². The van der Waals surface area contributed by atoms with Crippen LogP contribution in [0, 0.1) is 11.6 Å². The van der Waals surface area contributed by atoms with Crippen LogP contribution in [0.25, 0.3) is 0 Å². The van der Waals surface area contributed by atoms with Gasteiger partial charge < -0.3 is 13.8 Å². The Hall–Kier alpha value is -3.30. The Bertz CT molecular complexity index is 1170. The monoisotopic (exact) mass is 461 g/mol. The third-order valence-electron chi connectivity index (χ3n) is 4.54. The molecule has 0 bridgehead atoms. The number of hydrogen-bond acceptors (Lipinski definition) is 5. The van der Waals surface area contributed by atoms with E-state index < -0.39 is 21.8 Å². The largest absolute Gasteiger partial charge is 0.379 e. The van der Waals surface area contributed by atoms with E-state index in [0.717, 1.165) is 24.3 Å². The molecule has 6 nitrogen and oxygen atoms in total. The second kappa shape index (κ2) is 10.3. The SMILES string of the molecule is COCC(=O)N(Cc1ccc(F)cc1)Cc1ccccc1OS(=O)(=O)c1ccc(F)cc1. The maximum Gasteiger partial charge on any atom is 0.339 e. The number of amides is 1. The topological polar surface area (TPSA) is 72.9 Å². The number of hydrogen-bond donors (Lipinski definition) is 0. The third-order valence-corrected chi connectivity index (χ3v) is 5.79. The van der Waals surface area contributed by atoms with Gasteiger partial charge in [-0.15, -0.1) is 0 Å². The fourth-order valence-electron chi connectivity index (χ4n) is 2.95. The minimum atomic E-state index is -4.22. The molecule has 0 heterocycles. The lowest BCUT2D eigenvalue weighted by Gasteiger charge is -2.24. The van der Waals surface area contributed by atoms with Crippen LogP contribution in [0.5, 0.6) is 5.75 Å². The van der Waals surface area contributed by atoms with Crippen molar-refractivity contribution in [2.24, 2.45) is 0 Å². The molecule has 0 aliphatic rings. The van der Waals surface area contributed by atoms with Crippen molar-refractivity contribution in [3.05, 3.63) is 95.6 Å². The number of carbonyl (C=O) groups excluding carboxylic acids is 1. The molecule has 9 heteroatoms. The van der Waals surface area contributed by atoms with E-state index in [4.69, 9.17) is 8.92 Å². The van der Waals surface area contributed by atoms with Crippen LogP contribution in [0.2, 0.25) is 0 Å². The molecule has 168 valence electrons. The first kappa shape index (κ1) is 23.4. The molecule has 0 aliphatic carbocycles. The minimum Gasteiger partial charge on any atom is -0.379 e. The summed E-state index contributed by atoms with van der Waals surface area (Å²) in [6.07, 6.45) is 0. The van der Waals surface area contributed by atoms with Crippen molar-refractivity contribution in [3.63, 3.8) is 0 Å². The summed E-state index contributed by atoms with van der Waals surface area (Å²) >= 11 is 0. The summed E-state index contributed by atoms with van der Waals surface area (Å²) in [6.45, 7) is -0.00566. The van der Waals surface area contributed by atoms with Crippen LogP contribution in [-0.2, 0) is 32.7 Å². The Morgan fingerprint density at radius 1 is 0.875 bits per heavy atom. The summed E-state index contributed by atoms with van der Waals surface area (Å²) in [5, 5.41) is 0. The highest BCUT2D eigenvalue weighted by Gasteiger charge is 2.21. The molecule has 0 aromatic heterocycles. The van der Waals surface area contributed by atoms with Gasteiger partial charge in [0.25, 0.3) is 0 Å². The summed E-state index contributed by atoms with van der Waals surface area (Å²) in [5.74, 6) is -1.27. The minimum absolute atomic E-state index is 0.0225. The molecule has 0 spiro atoms. The molecular formula is C23H21F2NO5S. The number of rotatable bonds is 9. The molecule has 0 fully saturated rings. The first-order chi connectivity index (χ1) is 15.3. The van der Waals surface area contributed by atoms with Gasteiger partial charge in [0.15, 0.2) is 0 Å². The molecular weight excluding hydrogens is 440 g/mol. The van der Waals surface area contributed by atoms with Crippen molar-refractivity contribution >= 4 is 16.0 Å². The molecule has 0 aliphatic heterocycles. The number of para-hydroxylation sites is 1. The maximum atomic E-state index is 13.2. The summed E-state index contributed by atoms with van der Waals surface area (Å²) in [7, 11) is -2.83. The van der Waals surface area contributed by atoms with Crippen LogP contribution in [0.1, 0.15) is 11.1 Å². The Morgan fingerprint density at radius 2 is 1.47 bits per heavy atom. The number of nitrogens with zero attached hydrogens (tertiary/aromatic N) is 1. The first-order valence-corrected chi connectivity index (χ1v) is 11.0. The van der Waals surface area contributed by atoms with E-state index in [1.807, 2.05) is 0 Å². The van der Waals surface area contributed by atoms with Crippen molar-refractivity contribution in [2.45, 2.75) is 18.0 Å². The summed E-state index contributed by atoms with van der Waals surface area (Å²) in [5.41, 5.74) is 1.12. The predicted octanol–water partition coefficient (Wildman–Crippen LogP) is 3.91. The van der Waals surface area contributed by atoms with Crippen molar-refractivity contribution in [1.82, 2.24) is 4.90 Å². The number of carbonyl (C=O) groups is 1. The highest BCUT2D eigenvalue weighted by molar-refractivity contribution is 7.87. The van der Waals surface area contributed by atoms with Gasteiger partial charge in [-0.25, -0.2) is 8.78 Å². The van der Waals surface area contributed by atoms with Gasteiger partial charge in [0.1, 0.15) is 28.9 Å². The van der Waals surface area contributed by atoms with Gasteiger partial charge in [-0.05, 0) is 48.0 Å². The second-order valence-electron chi connectivity index (χ2n) is 6.91. The summed E-state index contributed by atoms with van der Waals surface area (Å²) in [6, 6.07) is 16.3. The van der Waals surface area contributed by atoms with Gasteiger partial charge in [-0.2, -0.15) is 8.42 Å². The van der Waals surface area contributed by atoms with Crippen LogP contribution in [-0.4, -0.2) is 32.9 Å². The molecule has 3 aromatic rings. The molecule has 32 heavy (non-hydrogen) atoms. The average molecular weight is 461 g/mol. The summed E-state index contributed by atoms with van der Waals surface area (Å²) < 4.78 is 61.9. The van der Waals surface area contributed by atoms with E-state index >= 15 is 0 Å². The molecule has 3 aromatic carbocycles.